The second-order valence-corrected chi connectivity index (χ2v) is 4.11. The Morgan fingerprint density at radius 3 is 2.27 bits per heavy atom. The van der Waals surface area contributed by atoms with Gasteiger partial charge in [0, 0.05) is 0 Å². The van der Waals surface area contributed by atoms with Gasteiger partial charge in [-0.05, 0) is 36.5 Å². The van der Waals surface area contributed by atoms with Gasteiger partial charge in [0.1, 0.15) is 5.75 Å². The predicted molar refractivity (Wildman–Crippen MR) is 65.6 cm³/mol. The van der Waals surface area contributed by atoms with E-state index >= 15 is 0 Å². The Balaban J connectivity index is 2.55. The highest BCUT2D eigenvalue weighted by Gasteiger charge is 2.03. The summed E-state index contributed by atoms with van der Waals surface area (Å²) in [5.41, 5.74) is 1.42. The fourth-order valence-corrected chi connectivity index (χ4v) is 1.71. The summed E-state index contributed by atoms with van der Waals surface area (Å²) >= 11 is 0. The summed E-state index contributed by atoms with van der Waals surface area (Å²) in [6, 6.07) is 8.53. The van der Waals surface area contributed by atoms with Crippen LogP contribution in [0.25, 0.3) is 0 Å². The fourth-order valence-electron chi connectivity index (χ4n) is 1.71. The van der Waals surface area contributed by atoms with Crippen molar-refractivity contribution in [2.24, 2.45) is 0 Å². The van der Waals surface area contributed by atoms with Gasteiger partial charge < -0.3 is 4.74 Å². The van der Waals surface area contributed by atoms with Gasteiger partial charge in [-0.2, -0.15) is 0 Å². The van der Waals surface area contributed by atoms with Crippen LogP contribution >= 0.6 is 0 Å². The molecule has 0 fully saturated rings. The maximum absolute atomic E-state index is 5.55. The van der Waals surface area contributed by atoms with Crippen LogP contribution in [0.1, 0.15) is 51.5 Å². The molecule has 0 bridgehead atoms. The molecule has 0 saturated carbocycles. The Hall–Kier alpha value is -0.980. The molecule has 1 rings (SSSR count). The summed E-state index contributed by atoms with van der Waals surface area (Å²) in [7, 11) is 0. The molecule has 0 amide bonds. The molecule has 84 valence electrons. The highest BCUT2D eigenvalue weighted by Crippen LogP contribution is 2.22. The third-order valence-corrected chi connectivity index (χ3v) is 2.64. The third kappa shape index (κ3) is 3.94. The SMILES string of the molecule is CCCOc1ccc(C(C)CCC)cc1. The molecule has 0 N–H and O–H groups in total. The van der Waals surface area contributed by atoms with Crippen molar-refractivity contribution in [3.63, 3.8) is 0 Å². The molecule has 1 aromatic carbocycles. The molecule has 0 heterocycles. The normalized spacial score (nSPS) is 12.5. The molecule has 1 nitrogen and oxygen atoms in total. The summed E-state index contributed by atoms with van der Waals surface area (Å²) < 4.78 is 5.55. The molecule has 0 aromatic heterocycles. The summed E-state index contributed by atoms with van der Waals surface area (Å²) in [5, 5.41) is 0. The van der Waals surface area contributed by atoms with Gasteiger partial charge in [0.2, 0.25) is 0 Å². The molecule has 0 aliphatic carbocycles. The van der Waals surface area contributed by atoms with Gasteiger partial charge in [0.25, 0.3) is 0 Å². The first-order valence-corrected chi connectivity index (χ1v) is 6.00. The molecule has 1 unspecified atom stereocenters. The van der Waals surface area contributed by atoms with E-state index in [9.17, 15) is 0 Å². The van der Waals surface area contributed by atoms with E-state index in [0.717, 1.165) is 18.8 Å². The van der Waals surface area contributed by atoms with Gasteiger partial charge in [-0.15, -0.1) is 0 Å². The van der Waals surface area contributed by atoms with E-state index in [1.54, 1.807) is 0 Å². The smallest absolute Gasteiger partial charge is 0.119 e. The molecule has 1 heteroatoms. The largest absolute Gasteiger partial charge is 0.494 e. The minimum atomic E-state index is 0.662. The molecule has 1 aromatic rings. The zero-order valence-corrected chi connectivity index (χ0v) is 10.1. The lowest BCUT2D eigenvalue weighted by atomic mass is 9.97. The fraction of sp³-hybridized carbons (Fsp3) is 0.571. The van der Waals surface area contributed by atoms with Crippen molar-refractivity contribution in [3.05, 3.63) is 29.8 Å². The number of ether oxygens (including phenoxy) is 1. The van der Waals surface area contributed by atoms with Crippen LogP contribution in [-0.2, 0) is 0 Å². The van der Waals surface area contributed by atoms with Crippen molar-refractivity contribution < 1.29 is 4.74 Å². The van der Waals surface area contributed by atoms with Crippen LogP contribution in [0.15, 0.2) is 24.3 Å². The highest BCUT2D eigenvalue weighted by molar-refractivity contribution is 5.29. The van der Waals surface area contributed by atoms with Crippen molar-refractivity contribution in [3.8, 4) is 5.75 Å². The Morgan fingerprint density at radius 1 is 1.07 bits per heavy atom. The maximum Gasteiger partial charge on any atom is 0.119 e. The Bertz CT molecular complexity index is 263. The van der Waals surface area contributed by atoms with Gasteiger partial charge in [0.05, 0.1) is 6.61 Å². The molecule has 15 heavy (non-hydrogen) atoms. The Labute approximate surface area is 93.5 Å². The van der Waals surface area contributed by atoms with Gasteiger partial charge >= 0.3 is 0 Å². The third-order valence-electron chi connectivity index (χ3n) is 2.64. The second-order valence-electron chi connectivity index (χ2n) is 4.11. The van der Waals surface area contributed by atoms with E-state index in [1.165, 1.54) is 18.4 Å². The first-order valence-electron chi connectivity index (χ1n) is 6.00. The van der Waals surface area contributed by atoms with E-state index in [4.69, 9.17) is 4.74 Å². The zero-order valence-electron chi connectivity index (χ0n) is 10.1. The van der Waals surface area contributed by atoms with Crippen molar-refractivity contribution in [1.82, 2.24) is 0 Å². The van der Waals surface area contributed by atoms with Gasteiger partial charge in [0.15, 0.2) is 0 Å². The highest BCUT2D eigenvalue weighted by atomic mass is 16.5. The number of rotatable bonds is 6. The van der Waals surface area contributed by atoms with Crippen molar-refractivity contribution in [2.75, 3.05) is 6.61 Å². The zero-order chi connectivity index (χ0) is 11.1. The topological polar surface area (TPSA) is 9.23 Å². The second kappa shape index (κ2) is 6.49. The van der Waals surface area contributed by atoms with Gasteiger partial charge in [-0.1, -0.05) is 39.3 Å². The number of hydrogen-bond donors (Lipinski definition) is 0. The molecular weight excluding hydrogens is 184 g/mol. The van der Waals surface area contributed by atoms with Crippen LogP contribution in [-0.4, -0.2) is 6.61 Å². The quantitative estimate of drug-likeness (QED) is 0.671. The van der Waals surface area contributed by atoms with Crippen molar-refractivity contribution in [2.45, 2.75) is 46.0 Å². The standard InChI is InChI=1S/C14H22O/c1-4-6-12(3)13-7-9-14(10-8-13)15-11-5-2/h7-10,12H,4-6,11H2,1-3H3. The molecule has 0 saturated heterocycles. The lowest BCUT2D eigenvalue weighted by molar-refractivity contribution is 0.317. The van der Waals surface area contributed by atoms with Crippen LogP contribution in [0, 0.1) is 0 Å². The van der Waals surface area contributed by atoms with E-state index in [1.807, 2.05) is 0 Å². The first kappa shape index (κ1) is 12.1. The first-order chi connectivity index (χ1) is 7.27. The monoisotopic (exact) mass is 206 g/mol. The van der Waals surface area contributed by atoms with Crippen LogP contribution in [0.3, 0.4) is 0 Å². The van der Waals surface area contributed by atoms with Gasteiger partial charge in [-0.25, -0.2) is 0 Å². The molecule has 0 aliphatic heterocycles. The van der Waals surface area contributed by atoms with Crippen LogP contribution in [0.5, 0.6) is 5.75 Å². The maximum atomic E-state index is 5.55. The lowest BCUT2D eigenvalue weighted by Crippen LogP contribution is -1.96. The summed E-state index contributed by atoms with van der Waals surface area (Å²) in [5.74, 6) is 1.65. The molecule has 0 radical (unpaired) electrons. The van der Waals surface area contributed by atoms with Crippen LogP contribution in [0.2, 0.25) is 0 Å². The van der Waals surface area contributed by atoms with Crippen molar-refractivity contribution in [1.29, 1.82) is 0 Å². The van der Waals surface area contributed by atoms with E-state index in [2.05, 4.69) is 45.0 Å². The molecule has 0 aliphatic rings. The summed E-state index contributed by atoms with van der Waals surface area (Å²) in [6.45, 7) is 7.45. The molecule has 1 atom stereocenters. The molecular formula is C14H22O. The van der Waals surface area contributed by atoms with E-state index < -0.39 is 0 Å². The van der Waals surface area contributed by atoms with E-state index in [0.29, 0.717) is 5.92 Å². The van der Waals surface area contributed by atoms with Crippen LogP contribution in [0.4, 0.5) is 0 Å². The number of benzene rings is 1. The minimum absolute atomic E-state index is 0.662. The average molecular weight is 206 g/mol. The Kier molecular flexibility index (Phi) is 5.23. The Morgan fingerprint density at radius 2 is 1.73 bits per heavy atom. The summed E-state index contributed by atoms with van der Waals surface area (Å²) in [6.07, 6.45) is 3.57. The predicted octanol–water partition coefficient (Wildman–Crippen LogP) is 4.38. The van der Waals surface area contributed by atoms with E-state index in [-0.39, 0.29) is 0 Å². The van der Waals surface area contributed by atoms with Crippen LogP contribution < -0.4 is 4.74 Å². The molecule has 0 spiro atoms. The number of hydrogen-bond acceptors (Lipinski definition) is 1. The van der Waals surface area contributed by atoms with Crippen molar-refractivity contribution >= 4 is 0 Å². The lowest BCUT2D eigenvalue weighted by Gasteiger charge is -2.11. The minimum Gasteiger partial charge on any atom is -0.494 e. The van der Waals surface area contributed by atoms with Gasteiger partial charge in [-0.3, -0.25) is 0 Å². The average Bonchev–Trinajstić information content (AvgIpc) is 2.27. The summed E-state index contributed by atoms with van der Waals surface area (Å²) in [4.78, 5) is 0.